The SMILES string of the molecule is CSCCC(NC(=O)Cc1c(-c2ccc(Cl)cc2)n[nH]c1C)C(=O)O. The highest BCUT2D eigenvalue weighted by atomic mass is 35.5. The van der Waals surface area contributed by atoms with Crippen LogP contribution in [0.1, 0.15) is 17.7 Å². The van der Waals surface area contributed by atoms with Crippen molar-refractivity contribution in [3.63, 3.8) is 0 Å². The second-order valence-electron chi connectivity index (χ2n) is 5.60. The number of nitrogens with zero attached hydrogens (tertiary/aromatic N) is 1. The van der Waals surface area contributed by atoms with E-state index < -0.39 is 12.0 Å². The van der Waals surface area contributed by atoms with Crippen molar-refractivity contribution >= 4 is 35.2 Å². The van der Waals surface area contributed by atoms with Crippen LogP contribution >= 0.6 is 23.4 Å². The molecule has 0 radical (unpaired) electrons. The molecule has 2 aromatic rings. The van der Waals surface area contributed by atoms with Crippen LogP contribution < -0.4 is 5.32 Å². The lowest BCUT2D eigenvalue weighted by molar-refractivity contribution is -0.141. The largest absolute Gasteiger partial charge is 0.480 e. The minimum absolute atomic E-state index is 0.0589. The fourth-order valence-electron chi connectivity index (χ4n) is 2.41. The van der Waals surface area contributed by atoms with Crippen molar-refractivity contribution in [2.45, 2.75) is 25.8 Å². The summed E-state index contributed by atoms with van der Waals surface area (Å²) < 4.78 is 0. The third-order valence-corrected chi connectivity index (χ3v) is 4.67. The highest BCUT2D eigenvalue weighted by molar-refractivity contribution is 7.98. The quantitative estimate of drug-likeness (QED) is 0.653. The molecule has 134 valence electrons. The van der Waals surface area contributed by atoms with Crippen LogP contribution in [-0.4, -0.2) is 45.2 Å². The Morgan fingerprint density at radius 1 is 1.36 bits per heavy atom. The van der Waals surface area contributed by atoms with Gasteiger partial charge in [0.2, 0.25) is 5.91 Å². The van der Waals surface area contributed by atoms with E-state index in [1.807, 2.05) is 25.3 Å². The number of thioether (sulfide) groups is 1. The smallest absolute Gasteiger partial charge is 0.326 e. The lowest BCUT2D eigenvalue weighted by Gasteiger charge is -2.14. The maximum Gasteiger partial charge on any atom is 0.326 e. The van der Waals surface area contributed by atoms with Crippen molar-refractivity contribution in [1.29, 1.82) is 0 Å². The van der Waals surface area contributed by atoms with Gasteiger partial charge < -0.3 is 10.4 Å². The fourth-order valence-corrected chi connectivity index (χ4v) is 3.01. The van der Waals surface area contributed by atoms with Gasteiger partial charge in [0, 0.05) is 21.8 Å². The second kappa shape index (κ2) is 8.92. The van der Waals surface area contributed by atoms with Crippen LogP contribution in [0.3, 0.4) is 0 Å². The Kier molecular flexibility index (Phi) is 6.90. The average Bonchev–Trinajstić information content (AvgIpc) is 2.93. The normalized spacial score (nSPS) is 12.0. The van der Waals surface area contributed by atoms with Crippen LogP contribution in [0.5, 0.6) is 0 Å². The van der Waals surface area contributed by atoms with E-state index in [0.29, 0.717) is 22.9 Å². The molecule has 0 bridgehead atoms. The highest BCUT2D eigenvalue weighted by Gasteiger charge is 2.22. The predicted octanol–water partition coefficient (Wildman–Crippen LogP) is 2.90. The number of hydrogen-bond donors (Lipinski definition) is 3. The van der Waals surface area contributed by atoms with Crippen molar-refractivity contribution in [2.75, 3.05) is 12.0 Å². The van der Waals surface area contributed by atoms with Gasteiger partial charge in [0.1, 0.15) is 6.04 Å². The second-order valence-corrected chi connectivity index (χ2v) is 7.02. The monoisotopic (exact) mass is 381 g/mol. The van der Waals surface area contributed by atoms with E-state index in [0.717, 1.165) is 16.8 Å². The number of halogens is 1. The molecule has 1 aromatic heterocycles. The van der Waals surface area contributed by atoms with Gasteiger partial charge in [-0.2, -0.15) is 16.9 Å². The molecule has 0 saturated carbocycles. The maximum atomic E-state index is 12.3. The third-order valence-electron chi connectivity index (χ3n) is 3.77. The van der Waals surface area contributed by atoms with E-state index in [-0.39, 0.29) is 12.3 Å². The van der Waals surface area contributed by atoms with Gasteiger partial charge in [-0.05, 0) is 37.5 Å². The summed E-state index contributed by atoms with van der Waals surface area (Å²) in [6, 6.07) is 6.29. The molecule has 0 spiro atoms. The number of carbonyl (C=O) groups is 2. The van der Waals surface area contributed by atoms with Crippen LogP contribution in [-0.2, 0) is 16.0 Å². The lowest BCUT2D eigenvalue weighted by atomic mass is 10.0. The van der Waals surface area contributed by atoms with Gasteiger partial charge in [-0.15, -0.1) is 0 Å². The van der Waals surface area contributed by atoms with E-state index in [1.165, 1.54) is 0 Å². The third kappa shape index (κ3) is 5.24. The first kappa shape index (κ1) is 19.3. The van der Waals surface area contributed by atoms with Crippen molar-refractivity contribution in [2.24, 2.45) is 0 Å². The number of aryl methyl sites for hydroxylation is 1. The molecule has 1 atom stereocenters. The molecule has 0 aliphatic carbocycles. The molecule has 2 rings (SSSR count). The number of hydrogen-bond acceptors (Lipinski definition) is 4. The molecule has 0 aliphatic rings. The molecular formula is C17H20ClN3O3S. The molecule has 0 saturated heterocycles. The molecule has 0 aliphatic heterocycles. The zero-order valence-electron chi connectivity index (χ0n) is 14.0. The van der Waals surface area contributed by atoms with Crippen LogP contribution in [0, 0.1) is 6.92 Å². The highest BCUT2D eigenvalue weighted by Crippen LogP contribution is 2.25. The summed E-state index contributed by atoms with van der Waals surface area (Å²) >= 11 is 7.45. The molecule has 1 amide bonds. The number of nitrogens with one attached hydrogen (secondary N) is 2. The van der Waals surface area contributed by atoms with Crippen LogP contribution in [0.4, 0.5) is 0 Å². The number of amides is 1. The zero-order valence-corrected chi connectivity index (χ0v) is 15.6. The average molecular weight is 382 g/mol. The predicted molar refractivity (Wildman–Crippen MR) is 100 cm³/mol. The number of aromatic nitrogens is 2. The van der Waals surface area contributed by atoms with Crippen LogP contribution in [0.2, 0.25) is 5.02 Å². The van der Waals surface area contributed by atoms with Crippen molar-refractivity contribution < 1.29 is 14.7 Å². The van der Waals surface area contributed by atoms with Crippen molar-refractivity contribution in [1.82, 2.24) is 15.5 Å². The van der Waals surface area contributed by atoms with Gasteiger partial charge in [0.25, 0.3) is 0 Å². The Morgan fingerprint density at radius 3 is 2.64 bits per heavy atom. The first-order chi connectivity index (χ1) is 11.9. The first-order valence-electron chi connectivity index (χ1n) is 7.73. The molecule has 0 fully saturated rings. The molecule has 8 heteroatoms. The summed E-state index contributed by atoms with van der Waals surface area (Å²) in [6.07, 6.45) is 2.34. The van der Waals surface area contributed by atoms with Gasteiger partial charge in [0.05, 0.1) is 12.1 Å². The lowest BCUT2D eigenvalue weighted by Crippen LogP contribution is -2.42. The number of aliphatic carboxylic acids is 1. The van der Waals surface area contributed by atoms with E-state index in [2.05, 4.69) is 15.5 Å². The molecule has 25 heavy (non-hydrogen) atoms. The van der Waals surface area contributed by atoms with Gasteiger partial charge in [-0.25, -0.2) is 4.79 Å². The molecular weight excluding hydrogens is 362 g/mol. The fraction of sp³-hybridized carbons (Fsp3) is 0.353. The van der Waals surface area contributed by atoms with Crippen molar-refractivity contribution in [3.8, 4) is 11.3 Å². The van der Waals surface area contributed by atoms with E-state index >= 15 is 0 Å². The number of benzene rings is 1. The van der Waals surface area contributed by atoms with Gasteiger partial charge >= 0.3 is 5.97 Å². The minimum Gasteiger partial charge on any atom is -0.480 e. The Morgan fingerprint density at radius 2 is 2.04 bits per heavy atom. The Hall–Kier alpha value is -1.99. The summed E-state index contributed by atoms with van der Waals surface area (Å²) in [4.78, 5) is 23.6. The molecule has 3 N–H and O–H groups in total. The number of carboxylic acids is 1. The van der Waals surface area contributed by atoms with Gasteiger partial charge in [-0.3, -0.25) is 9.89 Å². The number of carboxylic acid groups (broad SMARTS) is 1. The first-order valence-corrected chi connectivity index (χ1v) is 9.50. The maximum absolute atomic E-state index is 12.3. The number of aromatic amines is 1. The molecule has 1 unspecified atom stereocenters. The summed E-state index contributed by atoms with van der Waals surface area (Å²) in [6.45, 7) is 1.83. The zero-order chi connectivity index (χ0) is 18.4. The van der Waals surface area contributed by atoms with E-state index in [1.54, 1.807) is 23.9 Å². The summed E-state index contributed by atoms with van der Waals surface area (Å²) in [5.74, 6) is -0.699. The molecule has 1 heterocycles. The molecule has 1 aromatic carbocycles. The summed E-state index contributed by atoms with van der Waals surface area (Å²) in [7, 11) is 0. The van der Waals surface area contributed by atoms with E-state index in [4.69, 9.17) is 11.6 Å². The standard InChI is InChI=1S/C17H20ClN3O3S/c1-10-13(9-15(22)19-14(17(23)24)7-8-25-2)16(21-20-10)11-3-5-12(18)6-4-11/h3-6,14H,7-9H2,1-2H3,(H,19,22)(H,20,21)(H,23,24). The molecule has 6 nitrogen and oxygen atoms in total. The number of rotatable bonds is 8. The number of H-pyrrole nitrogens is 1. The van der Waals surface area contributed by atoms with Gasteiger partial charge in [0.15, 0.2) is 0 Å². The Bertz CT molecular complexity index is 746. The van der Waals surface area contributed by atoms with E-state index in [9.17, 15) is 14.7 Å². The van der Waals surface area contributed by atoms with Gasteiger partial charge in [-0.1, -0.05) is 23.7 Å². The number of carbonyl (C=O) groups excluding carboxylic acids is 1. The van der Waals surface area contributed by atoms with Crippen LogP contribution in [0.25, 0.3) is 11.3 Å². The summed E-state index contributed by atoms with van der Waals surface area (Å²) in [5, 5.41) is 19.6. The van der Waals surface area contributed by atoms with Crippen LogP contribution in [0.15, 0.2) is 24.3 Å². The Balaban J connectivity index is 2.14. The topological polar surface area (TPSA) is 95.1 Å². The van der Waals surface area contributed by atoms with Crippen molar-refractivity contribution in [3.05, 3.63) is 40.5 Å². The Labute approximate surface area is 155 Å². The minimum atomic E-state index is -1.02. The summed E-state index contributed by atoms with van der Waals surface area (Å²) in [5.41, 5.74) is 3.03.